The Bertz CT molecular complexity index is 427. The van der Waals surface area contributed by atoms with Crippen LogP contribution in [0, 0.1) is 40.1 Å². The molecule has 0 aliphatic rings. The summed E-state index contributed by atoms with van der Waals surface area (Å²) >= 11 is 0. The molecule has 0 aliphatic heterocycles. The topological polar surface area (TPSA) is 71.4 Å². The van der Waals surface area contributed by atoms with Gasteiger partial charge >= 0.3 is 0 Å². The summed E-state index contributed by atoms with van der Waals surface area (Å²) in [5, 5.41) is 25.5. The molecule has 3 heteroatoms. The molecule has 0 saturated heterocycles. The van der Waals surface area contributed by atoms with Gasteiger partial charge < -0.3 is 0 Å². The third-order valence-corrected chi connectivity index (χ3v) is 1.31. The summed E-state index contributed by atoms with van der Waals surface area (Å²) in [6.45, 7) is 0. The van der Waals surface area contributed by atoms with E-state index in [1.54, 1.807) is 0 Å². The average molecular weight is 152 g/mol. The molecule has 0 aromatic heterocycles. The second-order valence-corrected chi connectivity index (χ2v) is 2.01. The lowest BCUT2D eigenvalue weighted by Gasteiger charge is -1.91. The van der Waals surface area contributed by atoms with E-state index in [0.717, 1.165) is 0 Å². The Morgan fingerprint density at radius 3 is 2.17 bits per heavy atom. The summed E-state index contributed by atoms with van der Waals surface area (Å²) in [6.07, 6.45) is 0. The first kappa shape index (κ1) is 7.79. The van der Waals surface area contributed by atoms with E-state index >= 15 is 0 Å². The van der Waals surface area contributed by atoms with Gasteiger partial charge in [0, 0.05) is 6.07 Å². The lowest BCUT2D eigenvalue weighted by Crippen LogP contribution is -1.85. The Morgan fingerprint density at radius 2 is 1.67 bits per heavy atom. The first-order valence-electron chi connectivity index (χ1n) is 3.08. The van der Waals surface area contributed by atoms with Gasteiger partial charge in [-0.3, -0.25) is 0 Å². The highest BCUT2D eigenvalue weighted by atomic mass is 14.3. The maximum Gasteiger partial charge on any atom is 0.101 e. The maximum atomic E-state index is 8.55. The SMILES string of the molecule is N#Cc1[c]cc(C#N)c(C#N)c1. The zero-order valence-corrected chi connectivity index (χ0v) is 6.00. The van der Waals surface area contributed by atoms with E-state index in [2.05, 4.69) is 6.07 Å². The van der Waals surface area contributed by atoms with E-state index in [1.165, 1.54) is 12.1 Å². The van der Waals surface area contributed by atoms with E-state index in [1.807, 2.05) is 18.2 Å². The lowest BCUT2D eigenvalue weighted by atomic mass is 10.1. The zero-order chi connectivity index (χ0) is 8.97. The fraction of sp³-hybridized carbons (Fsp3) is 0. The van der Waals surface area contributed by atoms with Gasteiger partial charge in [0.15, 0.2) is 0 Å². The van der Waals surface area contributed by atoms with Crippen molar-refractivity contribution in [1.82, 2.24) is 0 Å². The Morgan fingerprint density at radius 1 is 1.00 bits per heavy atom. The molecular weight excluding hydrogens is 150 g/mol. The van der Waals surface area contributed by atoms with Gasteiger partial charge in [0.1, 0.15) is 12.1 Å². The van der Waals surface area contributed by atoms with Crippen molar-refractivity contribution in [3.05, 3.63) is 34.9 Å². The second-order valence-electron chi connectivity index (χ2n) is 2.01. The predicted octanol–water partition coefficient (Wildman–Crippen LogP) is 1.10. The molecule has 0 atom stereocenters. The van der Waals surface area contributed by atoms with Crippen LogP contribution >= 0.6 is 0 Å². The minimum Gasteiger partial charge on any atom is -0.192 e. The van der Waals surface area contributed by atoms with Crippen LogP contribution in [0.3, 0.4) is 0 Å². The summed E-state index contributed by atoms with van der Waals surface area (Å²) in [5.74, 6) is 0. The average Bonchev–Trinajstić information content (AvgIpc) is 2.16. The number of nitrogens with zero attached hydrogens (tertiary/aromatic N) is 3. The molecule has 0 unspecified atom stereocenters. The van der Waals surface area contributed by atoms with Crippen LogP contribution < -0.4 is 0 Å². The molecule has 53 valence electrons. The molecule has 0 fully saturated rings. The minimum atomic E-state index is 0.216. The standard InChI is InChI=1S/C9H2N3/c10-4-7-1-2-8(5-11)9(3-7)6-12/h2-3H. The molecule has 0 bridgehead atoms. The fourth-order valence-electron chi connectivity index (χ4n) is 0.741. The Labute approximate surface area is 69.7 Å². The summed E-state index contributed by atoms with van der Waals surface area (Å²) in [4.78, 5) is 0. The maximum absolute atomic E-state index is 8.55. The highest BCUT2D eigenvalue weighted by Gasteiger charge is 2.01. The Balaban J connectivity index is 3.37. The monoisotopic (exact) mass is 152 g/mol. The molecule has 1 aromatic carbocycles. The van der Waals surface area contributed by atoms with Crippen LogP contribution in [0.5, 0.6) is 0 Å². The molecule has 1 aromatic rings. The van der Waals surface area contributed by atoms with Crippen LogP contribution in [0.15, 0.2) is 12.1 Å². The lowest BCUT2D eigenvalue weighted by molar-refractivity contribution is 1.40. The molecule has 1 rings (SSSR count). The van der Waals surface area contributed by atoms with E-state index in [-0.39, 0.29) is 16.7 Å². The number of nitriles is 3. The van der Waals surface area contributed by atoms with Crippen molar-refractivity contribution in [2.75, 3.05) is 0 Å². The zero-order valence-electron chi connectivity index (χ0n) is 6.00. The van der Waals surface area contributed by atoms with Gasteiger partial charge in [-0.25, -0.2) is 0 Å². The van der Waals surface area contributed by atoms with Gasteiger partial charge in [-0.15, -0.1) is 0 Å². The number of hydrogen-bond acceptors (Lipinski definition) is 3. The number of rotatable bonds is 0. The Kier molecular flexibility index (Phi) is 2.07. The molecule has 0 spiro atoms. The van der Waals surface area contributed by atoms with Gasteiger partial charge in [0.25, 0.3) is 0 Å². The van der Waals surface area contributed by atoms with Crippen LogP contribution in [0.2, 0.25) is 0 Å². The second kappa shape index (κ2) is 3.19. The van der Waals surface area contributed by atoms with Gasteiger partial charge in [-0.05, 0) is 12.1 Å². The van der Waals surface area contributed by atoms with E-state index < -0.39 is 0 Å². The van der Waals surface area contributed by atoms with Crippen molar-refractivity contribution in [1.29, 1.82) is 15.8 Å². The van der Waals surface area contributed by atoms with Gasteiger partial charge in [0.2, 0.25) is 0 Å². The van der Waals surface area contributed by atoms with E-state index in [9.17, 15) is 0 Å². The van der Waals surface area contributed by atoms with Crippen molar-refractivity contribution in [2.24, 2.45) is 0 Å². The minimum absolute atomic E-state index is 0.216. The van der Waals surface area contributed by atoms with Crippen LogP contribution in [0.25, 0.3) is 0 Å². The third kappa shape index (κ3) is 1.24. The summed E-state index contributed by atoms with van der Waals surface area (Å²) in [7, 11) is 0. The highest BCUT2D eigenvalue weighted by Crippen LogP contribution is 2.08. The quantitative estimate of drug-likeness (QED) is 0.558. The smallest absolute Gasteiger partial charge is 0.101 e. The largest absolute Gasteiger partial charge is 0.192 e. The Hall–Kier alpha value is -2.31. The highest BCUT2D eigenvalue weighted by molar-refractivity contribution is 5.49. The molecule has 0 saturated carbocycles. The van der Waals surface area contributed by atoms with Gasteiger partial charge in [-0.1, -0.05) is 0 Å². The third-order valence-electron chi connectivity index (χ3n) is 1.31. The molecule has 0 heterocycles. The van der Waals surface area contributed by atoms with Gasteiger partial charge in [0.05, 0.1) is 22.8 Å². The van der Waals surface area contributed by atoms with Crippen LogP contribution in [-0.4, -0.2) is 0 Å². The molecule has 0 N–H and O–H groups in total. The van der Waals surface area contributed by atoms with Crippen molar-refractivity contribution >= 4 is 0 Å². The van der Waals surface area contributed by atoms with E-state index in [4.69, 9.17) is 15.8 Å². The fourth-order valence-corrected chi connectivity index (χ4v) is 0.741. The summed E-state index contributed by atoms with van der Waals surface area (Å²) in [5.41, 5.74) is 0.731. The van der Waals surface area contributed by atoms with Crippen LogP contribution in [0.1, 0.15) is 16.7 Å². The van der Waals surface area contributed by atoms with Crippen molar-refractivity contribution in [2.45, 2.75) is 0 Å². The van der Waals surface area contributed by atoms with E-state index in [0.29, 0.717) is 0 Å². The van der Waals surface area contributed by atoms with Crippen molar-refractivity contribution < 1.29 is 0 Å². The molecular formula is C9H2N3. The van der Waals surface area contributed by atoms with Crippen LogP contribution in [-0.2, 0) is 0 Å². The predicted molar refractivity (Wildman–Crippen MR) is 39.4 cm³/mol. The van der Waals surface area contributed by atoms with Crippen LogP contribution in [0.4, 0.5) is 0 Å². The first-order chi connectivity index (χ1) is 5.81. The summed E-state index contributed by atoms with van der Waals surface area (Å²) in [6, 6.07) is 10.8. The van der Waals surface area contributed by atoms with Crippen molar-refractivity contribution in [3.8, 4) is 18.2 Å². The first-order valence-corrected chi connectivity index (χ1v) is 3.08. The molecule has 0 amide bonds. The normalized spacial score (nSPS) is 7.75. The molecule has 0 aliphatic carbocycles. The molecule has 1 radical (unpaired) electrons. The van der Waals surface area contributed by atoms with Gasteiger partial charge in [-0.2, -0.15) is 15.8 Å². The molecule has 3 nitrogen and oxygen atoms in total. The number of benzene rings is 1. The molecule has 12 heavy (non-hydrogen) atoms. The number of hydrogen-bond donors (Lipinski definition) is 0. The summed E-state index contributed by atoms with van der Waals surface area (Å²) < 4.78 is 0. The van der Waals surface area contributed by atoms with Crippen molar-refractivity contribution in [3.63, 3.8) is 0 Å².